The predicted molar refractivity (Wildman–Crippen MR) is 133 cm³/mol. The first kappa shape index (κ1) is 22.0. The van der Waals surface area contributed by atoms with Crippen molar-refractivity contribution in [3.05, 3.63) is 87.6 Å². The molecule has 164 valence electrons. The summed E-state index contributed by atoms with van der Waals surface area (Å²) in [4.78, 5) is 22.5. The monoisotopic (exact) mass is 463 g/mol. The van der Waals surface area contributed by atoms with Gasteiger partial charge in [0.05, 0.1) is 31.6 Å². The fourth-order valence-electron chi connectivity index (χ4n) is 3.41. The third kappa shape index (κ3) is 5.18. The maximum atomic E-state index is 12.4. The number of thiazole rings is 1. The quantitative estimate of drug-likeness (QED) is 0.303. The van der Waals surface area contributed by atoms with Gasteiger partial charge in [-0.2, -0.15) is 0 Å². The topological polar surface area (TPSA) is 45.7 Å². The summed E-state index contributed by atoms with van der Waals surface area (Å²) in [6.45, 7) is 5.03. The molecule has 2 aromatic carbocycles. The Morgan fingerprint density at radius 2 is 1.69 bits per heavy atom. The molecule has 0 fully saturated rings. The average molecular weight is 464 g/mol. The lowest BCUT2D eigenvalue weighted by atomic mass is 10.2. The van der Waals surface area contributed by atoms with Crippen LogP contribution in [0.5, 0.6) is 5.75 Å². The second-order valence-corrected chi connectivity index (χ2v) is 9.31. The van der Waals surface area contributed by atoms with Gasteiger partial charge in [-0.1, -0.05) is 23.8 Å². The SMILES string of the molecule is COc1ccc(N(Cc2csc(N(C(C)=O)c3ccc(C)cc3)n2)Cc2cccs2)cc1. The van der Waals surface area contributed by atoms with Crippen molar-refractivity contribution in [1.29, 1.82) is 0 Å². The molecule has 4 rings (SSSR count). The number of carbonyl (C=O) groups excluding carboxylic acids is 1. The molecule has 0 aliphatic carbocycles. The molecule has 4 aromatic rings. The molecule has 0 spiro atoms. The smallest absolute Gasteiger partial charge is 0.230 e. The normalized spacial score (nSPS) is 10.7. The van der Waals surface area contributed by atoms with Crippen molar-refractivity contribution < 1.29 is 9.53 Å². The van der Waals surface area contributed by atoms with Crippen LogP contribution in [0.2, 0.25) is 0 Å². The van der Waals surface area contributed by atoms with E-state index in [9.17, 15) is 4.79 Å². The first-order chi connectivity index (χ1) is 15.5. The van der Waals surface area contributed by atoms with E-state index >= 15 is 0 Å². The van der Waals surface area contributed by atoms with Crippen molar-refractivity contribution in [2.75, 3.05) is 16.9 Å². The number of aromatic nitrogens is 1. The fraction of sp³-hybridized carbons (Fsp3) is 0.200. The highest BCUT2D eigenvalue weighted by Gasteiger charge is 2.19. The maximum Gasteiger partial charge on any atom is 0.230 e. The van der Waals surface area contributed by atoms with E-state index in [0.717, 1.165) is 34.9 Å². The standard InChI is InChI=1S/C25H25N3O2S2/c1-18-6-8-22(9-7-18)28(19(2)29)25-26-20(17-32-25)15-27(16-24-5-4-14-31-24)21-10-12-23(30-3)13-11-21/h4-14,17H,15-16H2,1-3H3. The molecule has 0 unspecified atom stereocenters. The Labute approximate surface area is 196 Å². The predicted octanol–water partition coefficient (Wildman–Crippen LogP) is 6.41. The van der Waals surface area contributed by atoms with E-state index in [1.807, 2.05) is 48.7 Å². The highest BCUT2D eigenvalue weighted by atomic mass is 32.1. The molecular weight excluding hydrogens is 438 g/mol. The Morgan fingerprint density at radius 3 is 2.31 bits per heavy atom. The summed E-state index contributed by atoms with van der Waals surface area (Å²) in [5.74, 6) is 0.774. The lowest BCUT2D eigenvalue weighted by Crippen LogP contribution is -2.23. The Morgan fingerprint density at radius 1 is 0.969 bits per heavy atom. The fourth-order valence-corrected chi connectivity index (χ4v) is 5.01. The van der Waals surface area contributed by atoms with Gasteiger partial charge in [0, 0.05) is 22.9 Å². The van der Waals surface area contributed by atoms with E-state index in [0.29, 0.717) is 11.7 Å². The number of rotatable bonds is 8. The summed E-state index contributed by atoms with van der Waals surface area (Å²) >= 11 is 3.23. The number of hydrogen-bond donors (Lipinski definition) is 0. The van der Waals surface area contributed by atoms with Crippen LogP contribution in [0.3, 0.4) is 0 Å². The minimum Gasteiger partial charge on any atom is -0.497 e. The molecule has 0 N–H and O–H groups in total. The van der Waals surface area contributed by atoms with Gasteiger partial charge in [-0.15, -0.1) is 22.7 Å². The van der Waals surface area contributed by atoms with E-state index in [1.165, 1.54) is 16.2 Å². The van der Waals surface area contributed by atoms with E-state index in [2.05, 4.69) is 34.5 Å². The lowest BCUT2D eigenvalue weighted by Gasteiger charge is -2.24. The second-order valence-electron chi connectivity index (χ2n) is 7.44. The van der Waals surface area contributed by atoms with Crippen molar-refractivity contribution >= 4 is 45.1 Å². The summed E-state index contributed by atoms with van der Waals surface area (Å²) in [7, 11) is 1.67. The number of carbonyl (C=O) groups is 1. The minimum absolute atomic E-state index is 0.0552. The molecule has 0 bridgehead atoms. The zero-order valence-corrected chi connectivity index (χ0v) is 20.0. The summed E-state index contributed by atoms with van der Waals surface area (Å²) in [6, 6.07) is 20.2. The molecule has 7 heteroatoms. The van der Waals surface area contributed by atoms with Gasteiger partial charge in [0.25, 0.3) is 0 Å². The molecular formula is C25H25N3O2S2. The first-order valence-electron chi connectivity index (χ1n) is 10.3. The van der Waals surface area contributed by atoms with Crippen molar-refractivity contribution in [3.63, 3.8) is 0 Å². The van der Waals surface area contributed by atoms with Gasteiger partial charge in [-0.25, -0.2) is 4.98 Å². The number of thiophene rings is 1. The van der Waals surface area contributed by atoms with Gasteiger partial charge >= 0.3 is 0 Å². The first-order valence-corrected chi connectivity index (χ1v) is 12.0. The van der Waals surface area contributed by atoms with Crippen LogP contribution in [0, 0.1) is 6.92 Å². The largest absolute Gasteiger partial charge is 0.497 e. The van der Waals surface area contributed by atoms with Crippen LogP contribution in [0.25, 0.3) is 0 Å². The summed E-state index contributed by atoms with van der Waals surface area (Å²) in [5.41, 5.74) is 4.00. The van der Waals surface area contributed by atoms with Crippen LogP contribution in [0.15, 0.2) is 71.4 Å². The molecule has 32 heavy (non-hydrogen) atoms. The summed E-state index contributed by atoms with van der Waals surface area (Å²) in [6.07, 6.45) is 0. The molecule has 2 heterocycles. The van der Waals surface area contributed by atoms with Crippen LogP contribution in [-0.4, -0.2) is 18.0 Å². The number of aryl methyl sites for hydroxylation is 1. The van der Waals surface area contributed by atoms with Crippen LogP contribution < -0.4 is 14.5 Å². The van der Waals surface area contributed by atoms with Crippen LogP contribution >= 0.6 is 22.7 Å². The number of amides is 1. The van der Waals surface area contributed by atoms with Crippen molar-refractivity contribution in [1.82, 2.24) is 4.98 Å². The molecule has 0 aliphatic heterocycles. The molecule has 0 saturated heterocycles. The van der Waals surface area contributed by atoms with Gasteiger partial charge in [-0.05, 0) is 54.8 Å². The van der Waals surface area contributed by atoms with Crippen molar-refractivity contribution in [3.8, 4) is 5.75 Å². The number of nitrogens with zero attached hydrogens (tertiary/aromatic N) is 3. The zero-order chi connectivity index (χ0) is 22.5. The van der Waals surface area contributed by atoms with E-state index < -0.39 is 0 Å². The van der Waals surface area contributed by atoms with Crippen LogP contribution in [0.1, 0.15) is 23.1 Å². The Bertz CT molecular complexity index is 1150. The molecule has 5 nitrogen and oxygen atoms in total. The van der Waals surface area contributed by atoms with E-state index in [1.54, 1.807) is 30.3 Å². The second kappa shape index (κ2) is 9.97. The summed E-state index contributed by atoms with van der Waals surface area (Å²) < 4.78 is 5.31. The Kier molecular flexibility index (Phi) is 6.87. The van der Waals surface area contributed by atoms with Gasteiger partial charge in [-0.3, -0.25) is 9.69 Å². The van der Waals surface area contributed by atoms with Crippen LogP contribution in [-0.2, 0) is 17.9 Å². The minimum atomic E-state index is -0.0552. The zero-order valence-electron chi connectivity index (χ0n) is 18.3. The number of ether oxygens (including phenoxy) is 1. The highest BCUT2D eigenvalue weighted by Crippen LogP contribution is 2.31. The molecule has 0 aliphatic rings. The third-order valence-electron chi connectivity index (χ3n) is 5.06. The number of anilines is 3. The van der Waals surface area contributed by atoms with Crippen molar-refractivity contribution in [2.45, 2.75) is 26.9 Å². The number of methoxy groups -OCH3 is 1. The van der Waals surface area contributed by atoms with E-state index in [4.69, 9.17) is 9.72 Å². The summed E-state index contributed by atoms with van der Waals surface area (Å²) in [5, 5.41) is 4.81. The molecule has 1 amide bonds. The van der Waals surface area contributed by atoms with Crippen LogP contribution in [0.4, 0.5) is 16.5 Å². The lowest BCUT2D eigenvalue weighted by molar-refractivity contribution is -0.115. The molecule has 0 atom stereocenters. The van der Waals surface area contributed by atoms with Gasteiger partial charge in [0.1, 0.15) is 5.75 Å². The number of benzene rings is 2. The number of hydrogen-bond acceptors (Lipinski definition) is 6. The Balaban J connectivity index is 1.59. The maximum absolute atomic E-state index is 12.4. The molecule has 2 aromatic heterocycles. The van der Waals surface area contributed by atoms with Gasteiger partial charge < -0.3 is 9.64 Å². The highest BCUT2D eigenvalue weighted by molar-refractivity contribution is 7.14. The van der Waals surface area contributed by atoms with Gasteiger partial charge in [0.15, 0.2) is 5.13 Å². The van der Waals surface area contributed by atoms with Gasteiger partial charge in [0.2, 0.25) is 5.91 Å². The van der Waals surface area contributed by atoms with E-state index in [-0.39, 0.29) is 5.91 Å². The third-order valence-corrected chi connectivity index (χ3v) is 6.79. The Hall–Kier alpha value is -3.16. The molecule has 0 radical (unpaired) electrons. The average Bonchev–Trinajstić information content (AvgIpc) is 3.47. The van der Waals surface area contributed by atoms with Crippen molar-refractivity contribution in [2.24, 2.45) is 0 Å². The molecule has 0 saturated carbocycles.